The Morgan fingerprint density at radius 2 is 1.86 bits per heavy atom. The molecule has 2 unspecified atom stereocenters. The smallest absolute Gasteiger partial charge is 0.313 e. The van der Waals surface area contributed by atoms with Crippen LogP contribution in [0.4, 0.5) is 0 Å². The molecule has 0 bridgehead atoms. The maximum Gasteiger partial charge on any atom is 0.313 e. The second kappa shape index (κ2) is 9.13. The van der Waals surface area contributed by atoms with Crippen molar-refractivity contribution in [2.45, 2.75) is 38.7 Å². The molecule has 21 heavy (non-hydrogen) atoms. The van der Waals surface area contributed by atoms with E-state index in [1.807, 2.05) is 30.3 Å². The third-order valence-electron chi connectivity index (χ3n) is 2.94. The van der Waals surface area contributed by atoms with Crippen molar-refractivity contribution in [3.05, 3.63) is 35.9 Å². The Bertz CT molecular complexity index is 443. The lowest BCUT2D eigenvalue weighted by atomic mass is 9.93. The zero-order valence-electron chi connectivity index (χ0n) is 12.5. The Labute approximate surface area is 124 Å². The molecule has 1 aliphatic heterocycles. The summed E-state index contributed by atoms with van der Waals surface area (Å²) in [4.78, 5) is 23.3. The predicted octanol–water partition coefficient (Wildman–Crippen LogP) is 2.04. The Balaban J connectivity index is 0.000000677. The number of rotatable bonds is 1. The Kier molecular flexibility index (Phi) is 7.46. The number of hydrogen-bond donors (Lipinski definition) is 1. The summed E-state index contributed by atoms with van der Waals surface area (Å²) in [5, 5.41) is 7.57. The lowest BCUT2D eigenvalue weighted by molar-refractivity contribution is -0.149. The van der Waals surface area contributed by atoms with E-state index in [9.17, 15) is 9.59 Å². The minimum Gasteiger partial charge on any atom is -0.465 e. The first-order valence-electron chi connectivity index (χ1n) is 7.10. The van der Waals surface area contributed by atoms with E-state index in [2.05, 4.69) is 0 Å². The van der Waals surface area contributed by atoms with Crippen LogP contribution in [0, 0.1) is 0 Å². The highest BCUT2D eigenvalue weighted by Crippen LogP contribution is 2.25. The molecule has 5 nitrogen and oxygen atoms in total. The van der Waals surface area contributed by atoms with Gasteiger partial charge >= 0.3 is 11.9 Å². The van der Waals surface area contributed by atoms with Crippen LogP contribution in [0.25, 0.3) is 0 Å². The van der Waals surface area contributed by atoms with Crippen LogP contribution in [0.15, 0.2) is 30.3 Å². The van der Waals surface area contributed by atoms with Crippen LogP contribution in [-0.4, -0.2) is 36.4 Å². The number of cyclic esters (lactones) is 2. The molecule has 0 amide bonds. The molecule has 1 N–H and O–H groups in total. The van der Waals surface area contributed by atoms with Gasteiger partial charge in [0.05, 0.1) is 12.3 Å². The maximum absolute atomic E-state index is 12.0. The molecule has 1 aromatic carbocycles. The minimum atomic E-state index is -0.368. The molecule has 0 radical (unpaired) electrons. The molecule has 1 aromatic rings. The number of hydrogen-bond acceptors (Lipinski definition) is 5. The fraction of sp³-hybridized carbons (Fsp3) is 0.500. The van der Waals surface area contributed by atoms with E-state index in [4.69, 9.17) is 14.6 Å². The van der Waals surface area contributed by atoms with Crippen molar-refractivity contribution in [1.82, 2.24) is 0 Å². The first kappa shape index (κ1) is 17.2. The van der Waals surface area contributed by atoms with Gasteiger partial charge in [-0.3, -0.25) is 9.59 Å². The van der Waals surface area contributed by atoms with Crippen LogP contribution in [-0.2, 0) is 19.1 Å². The van der Waals surface area contributed by atoms with Gasteiger partial charge in [0.1, 0.15) is 12.7 Å². The van der Waals surface area contributed by atoms with E-state index in [0.29, 0.717) is 6.42 Å². The molecule has 116 valence electrons. The van der Waals surface area contributed by atoms with Crippen LogP contribution < -0.4 is 0 Å². The molecule has 0 spiro atoms. The van der Waals surface area contributed by atoms with Gasteiger partial charge in [-0.1, -0.05) is 30.3 Å². The van der Waals surface area contributed by atoms with Gasteiger partial charge in [0.15, 0.2) is 0 Å². The monoisotopic (exact) mass is 294 g/mol. The molecule has 0 saturated carbocycles. The zero-order chi connectivity index (χ0) is 15.7. The number of esters is 2. The molecular weight excluding hydrogens is 272 g/mol. The molecule has 1 saturated heterocycles. The highest BCUT2D eigenvalue weighted by atomic mass is 16.6. The van der Waals surface area contributed by atoms with Gasteiger partial charge in [0.25, 0.3) is 0 Å². The topological polar surface area (TPSA) is 72.8 Å². The third-order valence-corrected chi connectivity index (χ3v) is 2.94. The lowest BCUT2D eigenvalue weighted by Gasteiger charge is -2.18. The van der Waals surface area contributed by atoms with Crippen LogP contribution in [0.5, 0.6) is 0 Å². The van der Waals surface area contributed by atoms with Crippen LogP contribution in [0.3, 0.4) is 0 Å². The number of aliphatic hydroxyl groups is 1. The van der Waals surface area contributed by atoms with Crippen molar-refractivity contribution in [3.8, 4) is 0 Å². The number of aliphatic hydroxyl groups excluding tert-OH is 1. The molecular formula is C16H22O5. The fourth-order valence-corrected chi connectivity index (χ4v) is 2.05. The van der Waals surface area contributed by atoms with Crippen molar-refractivity contribution in [3.63, 3.8) is 0 Å². The maximum atomic E-state index is 12.0. The summed E-state index contributed by atoms with van der Waals surface area (Å²) < 4.78 is 10.3. The SMILES string of the molecule is CC1CC(c2ccccc2)C(=O)OCCC(=O)O1.CCO. The minimum absolute atomic E-state index is 0.0910. The largest absolute Gasteiger partial charge is 0.465 e. The number of carbonyl (C=O) groups is 2. The molecule has 1 heterocycles. The Morgan fingerprint density at radius 3 is 2.48 bits per heavy atom. The highest BCUT2D eigenvalue weighted by Gasteiger charge is 2.27. The molecule has 1 fully saturated rings. The second-order valence-electron chi connectivity index (χ2n) is 4.73. The van der Waals surface area contributed by atoms with E-state index >= 15 is 0 Å². The fourth-order valence-electron chi connectivity index (χ4n) is 2.05. The highest BCUT2D eigenvalue weighted by molar-refractivity contribution is 5.79. The van der Waals surface area contributed by atoms with Crippen LogP contribution in [0.1, 0.15) is 38.2 Å². The normalized spacial score (nSPS) is 22.6. The van der Waals surface area contributed by atoms with Gasteiger partial charge in [0.2, 0.25) is 0 Å². The van der Waals surface area contributed by atoms with Gasteiger partial charge in [0, 0.05) is 13.0 Å². The summed E-state index contributed by atoms with van der Waals surface area (Å²) in [6.07, 6.45) is 0.292. The van der Waals surface area contributed by atoms with Crippen molar-refractivity contribution in [2.24, 2.45) is 0 Å². The van der Waals surface area contributed by atoms with Crippen molar-refractivity contribution >= 4 is 11.9 Å². The van der Waals surface area contributed by atoms with Crippen molar-refractivity contribution < 1.29 is 24.2 Å². The van der Waals surface area contributed by atoms with Crippen molar-refractivity contribution in [1.29, 1.82) is 0 Å². The molecule has 2 atom stereocenters. The second-order valence-corrected chi connectivity index (χ2v) is 4.73. The van der Waals surface area contributed by atoms with Crippen LogP contribution >= 0.6 is 0 Å². The van der Waals surface area contributed by atoms with E-state index in [1.54, 1.807) is 13.8 Å². The molecule has 0 aromatic heterocycles. The van der Waals surface area contributed by atoms with Gasteiger partial charge in [-0.05, 0) is 19.4 Å². The van der Waals surface area contributed by atoms with Gasteiger partial charge in [-0.25, -0.2) is 0 Å². The van der Waals surface area contributed by atoms with Gasteiger partial charge in [-0.15, -0.1) is 0 Å². The summed E-state index contributed by atoms with van der Waals surface area (Å²) in [6.45, 7) is 3.82. The lowest BCUT2D eigenvalue weighted by Crippen LogP contribution is -2.20. The van der Waals surface area contributed by atoms with Crippen molar-refractivity contribution in [2.75, 3.05) is 13.2 Å². The predicted molar refractivity (Wildman–Crippen MR) is 77.7 cm³/mol. The van der Waals surface area contributed by atoms with Gasteiger partial charge in [-0.2, -0.15) is 0 Å². The summed E-state index contributed by atoms with van der Waals surface area (Å²) in [7, 11) is 0. The molecule has 2 rings (SSSR count). The summed E-state index contributed by atoms with van der Waals surface area (Å²) in [5.74, 6) is -0.970. The molecule has 0 aliphatic carbocycles. The number of ether oxygens (including phenoxy) is 2. The molecule has 1 aliphatic rings. The van der Waals surface area contributed by atoms with E-state index in [1.165, 1.54) is 0 Å². The van der Waals surface area contributed by atoms with E-state index in [0.717, 1.165) is 5.56 Å². The summed E-state index contributed by atoms with van der Waals surface area (Å²) in [6, 6.07) is 9.43. The van der Waals surface area contributed by atoms with Crippen LogP contribution in [0.2, 0.25) is 0 Å². The van der Waals surface area contributed by atoms with E-state index < -0.39 is 0 Å². The average molecular weight is 294 g/mol. The molecule has 5 heteroatoms. The Hall–Kier alpha value is -1.88. The summed E-state index contributed by atoms with van der Waals surface area (Å²) >= 11 is 0. The first-order chi connectivity index (χ1) is 10.1. The first-order valence-corrected chi connectivity index (χ1v) is 7.10. The average Bonchev–Trinajstić information content (AvgIpc) is 2.51. The van der Waals surface area contributed by atoms with E-state index in [-0.39, 0.29) is 43.6 Å². The quantitative estimate of drug-likeness (QED) is 0.802. The van der Waals surface area contributed by atoms with Gasteiger partial charge < -0.3 is 14.6 Å². The summed E-state index contributed by atoms with van der Waals surface area (Å²) in [5.41, 5.74) is 0.896. The Morgan fingerprint density at radius 1 is 1.24 bits per heavy atom. The number of carbonyl (C=O) groups excluding carboxylic acids is 2. The standard InChI is InChI=1S/C14H16O4.C2H6O/c1-10-9-12(11-5-3-2-4-6-11)14(16)17-8-7-13(15)18-10;1-2-3/h2-6,10,12H,7-9H2,1H3;3H,2H2,1H3. The number of benzene rings is 1. The zero-order valence-corrected chi connectivity index (χ0v) is 12.5. The third kappa shape index (κ3) is 5.95.